The van der Waals surface area contributed by atoms with Gasteiger partial charge in [-0.3, -0.25) is 9.59 Å². The minimum Gasteiger partial charge on any atom is -0.496 e. The van der Waals surface area contributed by atoms with Crippen molar-refractivity contribution in [2.45, 2.75) is 32.5 Å². The summed E-state index contributed by atoms with van der Waals surface area (Å²) < 4.78 is 50.3. The van der Waals surface area contributed by atoms with Crippen molar-refractivity contribution in [1.29, 1.82) is 0 Å². The van der Waals surface area contributed by atoms with Crippen molar-refractivity contribution in [3.05, 3.63) is 53.1 Å². The maximum absolute atomic E-state index is 13.3. The lowest BCUT2D eigenvalue weighted by Crippen LogP contribution is -2.19. The second-order valence-corrected chi connectivity index (χ2v) is 7.25. The molecule has 5 nitrogen and oxygen atoms in total. The van der Waals surface area contributed by atoms with Crippen LogP contribution in [-0.4, -0.2) is 37.9 Å². The number of esters is 1. The fourth-order valence-electron chi connectivity index (χ4n) is 3.15. The first-order valence-electron chi connectivity index (χ1n) is 10.0. The van der Waals surface area contributed by atoms with Crippen molar-refractivity contribution in [2.75, 3.05) is 26.1 Å². The number of Topliss-reactive ketones (excluding diaryl/α,β-unsaturated/α-hetero) is 1. The summed E-state index contributed by atoms with van der Waals surface area (Å²) in [4.78, 5) is 23.2. The Morgan fingerprint density at radius 2 is 1.84 bits per heavy atom. The summed E-state index contributed by atoms with van der Waals surface area (Å²) in [7, 11) is 1.46. The standard InChI is InChI=1S/C23H25ClF3NO4/c1-3-32-22(30)11-15-4-7-21(31-2)20(10-15)19-6-5-17(23(25,26)27)12-16(19)14-28-9-8-18(29)13-24/h4-7,10,12,28H,3,8-9,11,13-14H2,1-2H3. The highest BCUT2D eigenvalue weighted by Gasteiger charge is 2.31. The number of methoxy groups -OCH3 is 1. The predicted octanol–water partition coefficient (Wildman–Crippen LogP) is 4.77. The summed E-state index contributed by atoms with van der Waals surface area (Å²) in [6, 6.07) is 8.54. The lowest BCUT2D eigenvalue weighted by molar-refractivity contribution is -0.142. The number of benzene rings is 2. The van der Waals surface area contributed by atoms with Gasteiger partial charge in [-0.05, 0) is 47.9 Å². The van der Waals surface area contributed by atoms with Gasteiger partial charge in [0.2, 0.25) is 0 Å². The van der Waals surface area contributed by atoms with Crippen LogP contribution in [0.5, 0.6) is 5.75 Å². The third kappa shape index (κ3) is 7.24. The average molecular weight is 472 g/mol. The summed E-state index contributed by atoms with van der Waals surface area (Å²) in [6.07, 6.45) is -4.30. The molecule has 0 aliphatic rings. The molecule has 0 saturated carbocycles. The number of carbonyl (C=O) groups excluding carboxylic acids is 2. The number of rotatable bonds is 11. The summed E-state index contributed by atoms with van der Waals surface area (Å²) in [6.45, 7) is 2.34. The fourth-order valence-corrected chi connectivity index (χ4v) is 3.28. The molecule has 0 aromatic heterocycles. The second-order valence-electron chi connectivity index (χ2n) is 6.99. The molecule has 2 aromatic carbocycles. The van der Waals surface area contributed by atoms with Gasteiger partial charge in [0, 0.05) is 25.1 Å². The zero-order chi connectivity index (χ0) is 23.7. The van der Waals surface area contributed by atoms with Gasteiger partial charge in [-0.1, -0.05) is 12.1 Å². The molecule has 0 aliphatic carbocycles. The number of halogens is 4. The van der Waals surface area contributed by atoms with E-state index in [1.165, 1.54) is 13.2 Å². The van der Waals surface area contributed by atoms with Crippen molar-refractivity contribution in [3.63, 3.8) is 0 Å². The molecule has 0 heterocycles. The van der Waals surface area contributed by atoms with E-state index in [1.807, 2.05) is 0 Å². The van der Waals surface area contributed by atoms with Gasteiger partial charge < -0.3 is 14.8 Å². The van der Waals surface area contributed by atoms with Crippen LogP contribution in [0.4, 0.5) is 13.2 Å². The molecule has 2 aromatic rings. The second kappa shape index (κ2) is 11.9. The molecule has 0 spiro atoms. The van der Waals surface area contributed by atoms with Crippen LogP contribution in [0.25, 0.3) is 11.1 Å². The zero-order valence-electron chi connectivity index (χ0n) is 17.9. The molecule has 9 heteroatoms. The lowest BCUT2D eigenvalue weighted by atomic mass is 9.94. The van der Waals surface area contributed by atoms with Crippen molar-refractivity contribution in [2.24, 2.45) is 0 Å². The maximum Gasteiger partial charge on any atom is 0.416 e. The summed E-state index contributed by atoms with van der Waals surface area (Å²) in [5.41, 5.74) is 1.32. The molecule has 0 radical (unpaired) electrons. The van der Waals surface area contributed by atoms with Crippen LogP contribution in [0, 0.1) is 0 Å². The van der Waals surface area contributed by atoms with Gasteiger partial charge in [-0.2, -0.15) is 13.2 Å². The highest BCUT2D eigenvalue weighted by atomic mass is 35.5. The molecular weight excluding hydrogens is 447 g/mol. The van der Waals surface area contributed by atoms with E-state index in [0.29, 0.717) is 28.0 Å². The third-order valence-electron chi connectivity index (χ3n) is 4.69. The van der Waals surface area contributed by atoms with Gasteiger partial charge in [-0.15, -0.1) is 11.6 Å². The molecule has 1 N–H and O–H groups in total. The third-order valence-corrected chi connectivity index (χ3v) is 4.98. The Hall–Kier alpha value is -2.58. The Balaban J connectivity index is 2.42. The number of hydrogen-bond donors (Lipinski definition) is 1. The van der Waals surface area contributed by atoms with Crippen LogP contribution in [0.3, 0.4) is 0 Å². The van der Waals surface area contributed by atoms with Crippen LogP contribution < -0.4 is 10.1 Å². The number of alkyl halides is 4. The van der Waals surface area contributed by atoms with Crippen molar-refractivity contribution in [3.8, 4) is 16.9 Å². The molecule has 2 rings (SSSR count). The van der Waals surface area contributed by atoms with E-state index in [2.05, 4.69) is 5.32 Å². The Morgan fingerprint density at radius 1 is 1.09 bits per heavy atom. The molecule has 0 atom stereocenters. The number of ether oxygens (including phenoxy) is 2. The van der Waals surface area contributed by atoms with Crippen LogP contribution >= 0.6 is 11.6 Å². The van der Waals surface area contributed by atoms with Crippen LogP contribution in [0.15, 0.2) is 36.4 Å². The molecule has 0 amide bonds. The fraction of sp³-hybridized carbons (Fsp3) is 0.391. The highest BCUT2D eigenvalue weighted by molar-refractivity contribution is 6.27. The first-order chi connectivity index (χ1) is 15.2. The van der Waals surface area contributed by atoms with E-state index >= 15 is 0 Å². The quantitative estimate of drug-likeness (QED) is 0.290. The first kappa shape index (κ1) is 25.7. The largest absolute Gasteiger partial charge is 0.496 e. The molecule has 174 valence electrons. The number of hydrogen-bond acceptors (Lipinski definition) is 5. The Kier molecular flexibility index (Phi) is 9.53. The van der Waals surface area contributed by atoms with Crippen molar-refractivity contribution in [1.82, 2.24) is 5.32 Å². The SMILES string of the molecule is CCOC(=O)Cc1ccc(OC)c(-c2ccc(C(F)(F)F)cc2CNCCC(=O)CCl)c1. The molecule has 0 saturated heterocycles. The van der Waals surface area contributed by atoms with Crippen molar-refractivity contribution < 1.29 is 32.2 Å². The van der Waals surface area contributed by atoms with E-state index < -0.39 is 17.7 Å². The van der Waals surface area contributed by atoms with Gasteiger partial charge in [0.05, 0.1) is 31.6 Å². The van der Waals surface area contributed by atoms with E-state index in [0.717, 1.165) is 12.1 Å². The summed E-state index contributed by atoms with van der Waals surface area (Å²) in [5, 5.41) is 3.00. The van der Waals surface area contributed by atoms with E-state index in [1.54, 1.807) is 25.1 Å². The predicted molar refractivity (Wildman–Crippen MR) is 116 cm³/mol. The Morgan fingerprint density at radius 3 is 2.47 bits per heavy atom. The molecular formula is C23H25ClF3NO4. The Labute approximate surface area is 189 Å². The van der Waals surface area contributed by atoms with Crippen LogP contribution in [0.1, 0.15) is 30.0 Å². The molecule has 32 heavy (non-hydrogen) atoms. The highest BCUT2D eigenvalue weighted by Crippen LogP contribution is 2.37. The van der Waals surface area contributed by atoms with Crippen LogP contribution in [-0.2, 0) is 33.5 Å². The summed E-state index contributed by atoms with van der Waals surface area (Å²) >= 11 is 5.48. The van der Waals surface area contributed by atoms with Gasteiger partial charge in [0.25, 0.3) is 0 Å². The minimum absolute atomic E-state index is 0.0274. The molecule has 0 fully saturated rings. The monoisotopic (exact) mass is 471 g/mol. The van der Waals surface area contributed by atoms with Gasteiger partial charge in [-0.25, -0.2) is 0 Å². The van der Waals surface area contributed by atoms with Crippen molar-refractivity contribution >= 4 is 23.4 Å². The maximum atomic E-state index is 13.3. The van der Waals surface area contributed by atoms with Gasteiger partial charge in [0.1, 0.15) is 11.5 Å². The Bertz CT molecular complexity index is 947. The average Bonchev–Trinajstić information content (AvgIpc) is 2.75. The van der Waals surface area contributed by atoms with Crippen LogP contribution in [0.2, 0.25) is 0 Å². The lowest BCUT2D eigenvalue weighted by Gasteiger charge is -2.17. The zero-order valence-corrected chi connectivity index (χ0v) is 18.6. The molecule has 0 unspecified atom stereocenters. The van der Waals surface area contributed by atoms with E-state index in [4.69, 9.17) is 21.1 Å². The molecule has 0 aliphatic heterocycles. The van der Waals surface area contributed by atoms with E-state index in [-0.39, 0.29) is 44.2 Å². The normalized spacial score (nSPS) is 11.3. The first-order valence-corrected chi connectivity index (χ1v) is 10.5. The topological polar surface area (TPSA) is 64.6 Å². The number of nitrogens with one attached hydrogen (secondary N) is 1. The van der Waals surface area contributed by atoms with E-state index in [9.17, 15) is 22.8 Å². The number of ketones is 1. The number of carbonyl (C=O) groups is 2. The minimum atomic E-state index is -4.50. The molecule has 0 bridgehead atoms. The van der Waals surface area contributed by atoms with Gasteiger partial charge >= 0.3 is 12.1 Å². The smallest absolute Gasteiger partial charge is 0.416 e. The van der Waals surface area contributed by atoms with Gasteiger partial charge in [0.15, 0.2) is 0 Å². The summed E-state index contributed by atoms with van der Waals surface area (Å²) in [5.74, 6) is -0.212.